The Labute approximate surface area is 82.3 Å². The molecule has 6 nitrogen and oxygen atoms in total. The molecule has 0 radical (unpaired) electrons. The molecule has 0 aliphatic rings. The van der Waals surface area contributed by atoms with E-state index in [-0.39, 0.29) is 12.0 Å². The van der Waals surface area contributed by atoms with Crippen LogP contribution >= 0.6 is 0 Å². The van der Waals surface area contributed by atoms with Gasteiger partial charge in [0.05, 0.1) is 6.04 Å². The fourth-order valence-corrected chi connectivity index (χ4v) is 0.912. The number of carbonyl (C=O) groups is 2. The van der Waals surface area contributed by atoms with Crippen molar-refractivity contribution in [2.45, 2.75) is 26.8 Å². The predicted molar refractivity (Wildman–Crippen MR) is 50.4 cm³/mol. The van der Waals surface area contributed by atoms with Gasteiger partial charge in [0.25, 0.3) is 0 Å². The molecule has 1 unspecified atom stereocenters. The SMILES string of the molecule is CC(C)(C)C(CNC(=O)O)NC(=O)O. The van der Waals surface area contributed by atoms with Gasteiger partial charge in [-0.05, 0) is 5.41 Å². The highest BCUT2D eigenvalue weighted by Gasteiger charge is 2.26. The Kier molecular flexibility index (Phi) is 4.20. The molecule has 0 heterocycles. The minimum absolute atomic E-state index is 0.0606. The van der Waals surface area contributed by atoms with Gasteiger partial charge in [-0.2, -0.15) is 0 Å². The predicted octanol–water partition coefficient (Wildman–Crippen LogP) is 0.936. The van der Waals surface area contributed by atoms with E-state index in [0.29, 0.717) is 0 Å². The minimum Gasteiger partial charge on any atom is -0.465 e. The second kappa shape index (κ2) is 4.69. The standard InChI is InChI=1S/C8H16N2O4/c1-8(2,3)5(10-7(13)14)4-9-6(11)12/h5,9-10H,4H2,1-3H3,(H,11,12)(H,13,14). The van der Waals surface area contributed by atoms with E-state index in [1.54, 1.807) is 0 Å². The van der Waals surface area contributed by atoms with Crippen molar-refractivity contribution >= 4 is 12.2 Å². The van der Waals surface area contributed by atoms with Crippen molar-refractivity contribution in [3.8, 4) is 0 Å². The van der Waals surface area contributed by atoms with Crippen molar-refractivity contribution in [2.75, 3.05) is 6.54 Å². The summed E-state index contributed by atoms with van der Waals surface area (Å²) < 4.78 is 0. The Morgan fingerprint density at radius 2 is 1.71 bits per heavy atom. The number of nitrogens with one attached hydrogen (secondary N) is 2. The van der Waals surface area contributed by atoms with Crippen LogP contribution in [0.4, 0.5) is 9.59 Å². The molecule has 2 amide bonds. The van der Waals surface area contributed by atoms with Crippen molar-refractivity contribution in [1.29, 1.82) is 0 Å². The molecule has 0 aromatic rings. The molecule has 82 valence electrons. The summed E-state index contributed by atoms with van der Waals surface area (Å²) in [6.45, 7) is 5.55. The van der Waals surface area contributed by atoms with Crippen molar-refractivity contribution in [3.63, 3.8) is 0 Å². The van der Waals surface area contributed by atoms with Crippen LogP contribution in [0.15, 0.2) is 0 Å². The highest BCUT2D eigenvalue weighted by atomic mass is 16.4. The lowest BCUT2D eigenvalue weighted by Gasteiger charge is -2.30. The molecule has 0 rings (SSSR count). The highest BCUT2D eigenvalue weighted by molar-refractivity contribution is 5.66. The molecular weight excluding hydrogens is 188 g/mol. The molecule has 0 saturated heterocycles. The van der Waals surface area contributed by atoms with E-state index in [0.717, 1.165) is 0 Å². The van der Waals surface area contributed by atoms with Gasteiger partial charge in [0, 0.05) is 6.54 Å². The van der Waals surface area contributed by atoms with Gasteiger partial charge in [-0.25, -0.2) is 9.59 Å². The molecule has 6 heteroatoms. The maximum Gasteiger partial charge on any atom is 0.404 e. The summed E-state index contributed by atoms with van der Waals surface area (Å²) in [5, 5.41) is 21.3. The number of hydrogen-bond donors (Lipinski definition) is 4. The smallest absolute Gasteiger partial charge is 0.404 e. The van der Waals surface area contributed by atoms with Gasteiger partial charge in [0.15, 0.2) is 0 Å². The summed E-state index contributed by atoms with van der Waals surface area (Å²) >= 11 is 0. The van der Waals surface area contributed by atoms with Gasteiger partial charge >= 0.3 is 12.2 Å². The van der Waals surface area contributed by atoms with E-state index in [2.05, 4.69) is 10.6 Å². The van der Waals surface area contributed by atoms with Crippen LogP contribution in [-0.2, 0) is 0 Å². The molecule has 0 bridgehead atoms. The summed E-state index contributed by atoms with van der Waals surface area (Å²) in [5.41, 5.74) is -0.332. The molecule has 0 aromatic carbocycles. The van der Waals surface area contributed by atoms with E-state index in [1.165, 1.54) is 0 Å². The van der Waals surface area contributed by atoms with E-state index in [4.69, 9.17) is 10.2 Å². The molecule has 0 aromatic heterocycles. The summed E-state index contributed by atoms with van der Waals surface area (Å²) in [5.74, 6) is 0. The molecule has 1 atom stereocenters. The van der Waals surface area contributed by atoms with Crippen molar-refractivity contribution in [1.82, 2.24) is 10.6 Å². The lowest BCUT2D eigenvalue weighted by molar-refractivity contribution is 0.167. The summed E-state index contributed by atoms with van der Waals surface area (Å²) in [6, 6.07) is -0.448. The zero-order chi connectivity index (χ0) is 11.4. The van der Waals surface area contributed by atoms with Gasteiger partial charge in [-0.1, -0.05) is 20.8 Å². The first kappa shape index (κ1) is 12.5. The van der Waals surface area contributed by atoms with E-state index in [9.17, 15) is 9.59 Å². The normalized spacial score (nSPS) is 13.1. The fourth-order valence-electron chi connectivity index (χ4n) is 0.912. The maximum atomic E-state index is 10.4. The molecule has 0 aliphatic carbocycles. The quantitative estimate of drug-likeness (QED) is 0.549. The van der Waals surface area contributed by atoms with Gasteiger partial charge < -0.3 is 20.8 Å². The van der Waals surface area contributed by atoms with Crippen LogP contribution in [0.25, 0.3) is 0 Å². The Morgan fingerprint density at radius 1 is 1.21 bits per heavy atom. The Hall–Kier alpha value is -1.46. The maximum absolute atomic E-state index is 10.4. The third-order valence-corrected chi connectivity index (χ3v) is 1.80. The monoisotopic (exact) mass is 204 g/mol. The summed E-state index contributed by atoms with van der Waals surface area (Å²) in [4.78, 5) is 20.6. The van der Waals surface area contributed by atoms with Crippen LogP contribution in [0.5, 0.6) is 0 Å². The topological polar surface area (TPSA) is 98.7 Å². The average Bonchev–Trinajstić information content (AvgIpc) is 1.94. The molecule has 0 saturated carbocycles. The number of rotatable bonds is 3. The molecule has 4 N–H and O–H groups in total. The minimum atomic E-state index is -1.16. The lowest BCUT2D eigenvalue weighted by Crippen LogP contribution is -2.50. The van der Waals surface area contributed by atoms with Gasteiger partial charge in [0.1, 0.15) is 0 Å². The average molecular weight is 204 g/mol. The van der Waals surface area contributed by atoms with E-state index in [1.807, 2.05) is 20.8 Å². The fraction of sp³-hybridized carbons (Fsp3) is 0.750. The first-order chi connectivity index (χ1) is 6.23. The first-order valence-electron chi connectivity index (χ1n) is 4.19. The second-order valence-corrected chi connectivity index (χ2v) is 4.05. The van der Waals surface area contributed by atoms with Crippen LogP contribution < -0.4 is 10.6 Å². The lowest BCUT2D eigenvalue weighted by atomic mass is 9.87. The summed E-state index contributed by atoms with van der Waals surface area (Å²) in [6.07, 6.45) is -2.32. The van der Waals surface area contributed by atoms with E-state index >= 15 is 0 Å². The highest BCUT2D eigenvalue weighted by Crippen LogP contribution is 2.18. The zero-order valence-corrected chi connectivity index (χ0v) is 8.50. The molecule has 14 heavy (non-hydrogen) atoms. The van der Waals surface area contributed by atoms with Crippen molar-refractivity contribution in [3.05, 3.63) is 0 Å². The Morgan fingerprint density at radius 3 is 2.00 bits per heavy atom. The van der Waals surface area contributed by atoms with Crippen LogP contribution in [0.3, 0.4) is 0 Å². The Balaban J connectivity index is 4.26. The van der Waals surface area contributed by atoms with Crippen LogP contribution in [0.1, 0.15) is 20.8 Å². The van der Waals surface area contributed by atoms with Crippen LogP contribution in [0, 0.1) is 5.41 Å². The van der Waals surface area contributed by atoms with Gasteiger partial charge in [-0.3, -0.25) is 0 Å². The van der Waals surface area contributed by atoms with Crippen molar-refractivity contribution < 1.29 is 19.8 Å². The van der Waals surface area contributed by atoms with E-state index < -0.39 is 18.2 Å². The molecular formula is C8H16N2O4. The third kappa shape index (κ3) is 5.23. The summed E-state index contributed by atoms with van der Waals surface area (Å²) in [7, 11) is 0. The second-order valence-electron chi connectivity index (χ2n) is 4.05. The van der Waals surface area contributed by atoms with Crippen molar-refractivity contribution in [2.24, 2.45) is 5.41 Å². The van der Waals surface area contributed by atoms with Gasteiger partial charge in [0.2, 0.25) is 0 Å². The third-order valence-electron chi connectivity index (χ3n) is 1.80. The largest absolute Gasteiger partial charge is 0.465 e. The van der Waals surface area contributed by atoms with Crippen LogP contribution in [0.2, 0.25) is 0 Å². The Bertz CT molecular complexity index is 222. The zero-order valence-electron chi connectivity index (χ0n) is 8.50. The number of carboxylic acid groups (broad SMARTS) is 2. The molecule has 0 spiro atoms. The number of amides is 2. The molecule has 0 fully saturated rings. The first-order valence-corrected chi connectivity index (χ1v) is 4.19. The van der Waals surface area contributed by atoms with Crippen LogP contribution in [-0.4, -0.2) is 35.0 Å². The molecule has 0 aliphatic heterocycles. The number of hydrogen-bond acceptors (Lipinski definition) is 2. The van der Waals surface area contributed by atoms with Gasteiger partial charge in [-0.15, -0.1) is 0 Å².